The number of ether oxygens (including phenoxy) is 2. The van der Waals surface area contributed by atoms with Crippen molar-refractivity contribution in [2.45, 2.75) is 19.1 Å². The van der Waals surface area contributed by atoms with E-state index >= 15 is 0 Å². The van der Waals surface area contributed by atoms with Crippen LogP contribution in [0.3, 0.4) is 0 Å². The largest absolute Gasteiger partial charge is 0.493 e. The van der Waals surface area contributed by atoms with E-state index in [1.54, 1.807) is 13.4 Å². The molecule has 3 aromatic rings. The van der Waals surface area contributed by atoms with Crippen molar-refractivity contribution in [3.05, 3.63) is 83.8 Å². The number of hydrogen-bond donors (Lipinski definition) is 1. The molecule has 0 amide bonds. The Morgan fingerprint density at radius 1 is 0.958 bits per heavy atom. The van der Waals surface area contributed by atoms with Crippen LogP contribution in [0, 0.1) is 0 Å². The van der Waals surface area contributed by atoms with Crippen molar-refractivity contribution in [2.75, 3.05) is 7.11 Å². The fraction of sp³-hybridized carbons (Fsp3) is 0.200. The van der Waals surface area contributed by atoms with Crippen molar-refractivity contribution in [2.24, 2.45) is 5.73 Å². The first kappa shape index (κ1) is 16.1. The smallest absolute Gasteiger partial charge is 0.161 e. The Bertz CT molecular complexity index is 754. The van der Waals surface area contributed by atoms with Gasteiger partial charge in [-0.2, -0.15) is 0 Å². The summed E-state index contributed by atoms with van der Waals surface area (Å²) in [5, 5.41) is 0. The van der Waals surface area contributed by atoms with Gasteiger partial charge in [-0.25, -0.2) is 0 Å². The third kappa shape index (κ3) is 3.97. The predicted molar refractivity (Wildman–Crippen MR) is 93.1 cm³/mol. The van der Waals surface area contributed by atoms with Crippen molar-refractivity contribution in [3.63, 3.8) is 0 Å². The van der Waals surface area contributed by atoms with Crippen LogP contribution in [0.2, 0.25) is 0 Å². The molecule has 0 aliphatic rings. The van der Waals surface area contributed by atoms with Gasteiger partial charge in [-0.15, -0.1) is 0 Å². The molecule has 0 bridgehead atoms. The van der Waals surface area contributed by atoms with Crippen LogP contribution >= 0.6 is 0 Å². The second kappa shape index (κ2) is 7.70. The molecule has 2 N–H and O–H groups in total. The number of benzene rings is 2. The Balaban J connectivity index is 1.68. The topological polar surface area (TPSA) is 57.6 Å². The molecule has 124 valence electrons. The Morgan fingerprint density at radius 3 is 2.50 bits per heavy atom. The lowest BCUT2D eigenvalue weighted by molar-refractivity contribution is 0.284. The second-order valence-corrected chi connectivity index (χ2v) is 5.59. The zero-order valence-electron chi connectivity index (χ0n) is 13.6. The Kier molecular flexibility index (Phi) is 5.18. The molecule has 4 heteroatoms. The average molecular weight is 323 g/mol. The lowest BCUT2D eigenvalue weighted by Crippen LogP contribution is -2.12. The van der Waals surface area contributed by atoms with Crippen LogP contribution in [0.5, 0.6) is 11.5 Å². The highest BCUT2D eigenvalue weighted by molar-refractivity contribution is 5.43. The second-order valence-electron chi connectivity index (χ2n) is 5.59. The van der Waals surface area contributed by atoms with Gasteiger partial charge < -0.3 is 19.6 Å². The van der Waals surface area contributed by atoms with Gasteiger partial charge >= 0.3 is 0 Å². The Hall–Kier alpha value is -2.72. The predicted octanol–water partition coefficient (Wildman–Crippen LogP) is 4.11. The van der Waals surface area contributed by atoms with Gasteiger partial charge in [0.25, 0.3) is 0 Å². The highest BCUT2D eigenvalue weighted by atomic mass is 16.5. The van der Waals surface area contributed by atoms with Gasteiger partial charge in [-0.05, 0) is 41.8 Å². The molecule has 0 saturated carbocycles. The number of rotatable bonds is 7. The van der Waals surface area contributed by atoms with E-state index in [1.807, 2.05) is 60.7 Å². The summed E-state index contributed by atoms with van der Waals surface area (Å²) < 4.78 is 16.7. The van der Waals surface area contributed by atoms with E-state index in [9.17, 15) is 0 Å². The Morgan fingerprint density at radius 2 is 1.79 bits per heavy atom. The molecule has 1 unspecified atom stereocenters. The van der Waals surface area contributed by atoms with Crippen LogP contribution in [0.4, 0.5) is 0 Å². The van der Waals surface area contributed by atoms with E-state index in [-0.39, 0.29) is 6.04 Å². The normalized spacial score (nSPS) is 11.9. The molecular formula is C20H21NO3. The lowest BCUT2D eigenvalue weighted by Gasteiger charge is -2.14. The van der Waals surface area contributed by atoms with Crippen LogP contribution in [0.15, 0.2) is 71.3 Å². The maximum Gasteiger partial charge on any atom is 0.161 e. The zero-order valence-corrected chi connectivity index (χ0v) is 13.6. The lowest BCUT2D eigenvalue weighted by atomic mass is 10.0. The summed E-state index contributed by atoms with van der Waals surface area (Å²) in [5.41, 5.74) is 8.36. The monoisotopic (exact) mass is 323 g/mol. The van der Waals surface area contributed by atoms with Gasteiger partial charge in [-0.3, -0.25) is 0 Å². The summed E-state index contributed by atoms with van der Waals surface area (Å²) in [6.45, 7) is 0.502. The van der Waals surface area contributed by atoms with Crippen LogP contribution in [0.25, 0.3) is 0 Å². The summed E-state index contributed by atoms with van der Waals surface area (Å²) in [6, 6.07) is 19.5. The number of methoxy groups -OCH3 is 1. The summed E-state index contributed by atoms with van der Waals surface area (Å²) in [7, 11) is 1.64. The van der Waals surface area contributed by atoms with Gasteiger partial charge in [-0.1, -0.05) is 36.4 Å². The van der Waals surface area contributed by atoms with Crippen LogP contribution < -0.4 is 15.2 Å². The maximum atomic E-state index is 6.17. The van der Waals surface area contributed by atoms with E-state index in [0.29, 0.717) is 18.8 Å². The van der Waals surface area contributed by atoms with E-state index in [4.69, 9.17) is 19.6 Å². The Labute approximate surface area is 141 Å². The van der Waals surface area contributed by atoms with Crippen LogP contribution in [0.1, 0.15) is 22.9 Å². The third-order valence-corrected chi connectivity index (χ3v) is 3.83. The van der Waals surface area contributed by atoms with Crippen LogP contribution in [-0.4, -0.2) is 7.11 Å². The summed E-state index contributed by atoms with van der Waals surface area (Å²) >= 11 is 0. The molecule has 4 nitrogen and oxygen atoms in total. The zero-order chi connectivity index (χ0) is 16.8. The minimum atomic E-state index is -0.180. The molecule has 0 aliphatic heterocycles. The maximum absolute atomic E-state index is 6.17. The molecule has 0 saturated heterocycles. The fourth-order valence-electron chi connectivity index (χ4n) is 2.55. The first-order chi connectivity index (χ1) is 11.8. The van der Waals surface area contributed by atoms with Crippen molar-refractivity contribution < 1.29 is 13.9 Å². The molecule has 3 rings (SSSR count). The highest BCUT2D eigenvalue weighted by Gasteiger charge is 2.12. The molecule has 1 heterocycles. The van der Waals surface area contributed by atoms with Gasteiger partial charge in [0.1, 0.15) is 12.4 Å². The summed E-state index contributed by atoms with van der Waals surface area (Å²) in [4.78, 5) is 0. The van der Waals surface area contributed by atoms with E-state index in [1.165, 1.54) is 0 Å². The quantitative estimate of drug-likeness (QED) is 0.711. The van der Waals surface area contributed by atoms with Crippen molar-refractivity contribution in [1.29, 1.82) is 0 Å². The summed E-state index contributed by atoms with van der Waals surface area (Å²) in [5.74, 6) is 2.20. The highest BCUT2D eigenvalue weighted by Crippen LogP contribution is 2.30. The third-order valence-electron chi connectivity index (χ3n) is 3.83. The average Bonchev–Trinajstić information content (AvgIpc) is 3.16. The van der Waals surface area contributed by atoms with Crippen LogP contribution in [-0.2, 0) is 13.0 Å². The number of furan rings is 1. The molecule has 0 radical (unpaired) electrons. The standard InChI is InChI=1S/C20H21NO3/c1-22-20-13-16(12-17(21)18-8-5-11-23-18)9-10-19(20)24-14-15-6-3-2-4-7-15/h2-11,13,17H,12,14,21H2,1H3. The first-order valence-corrected chi connectivity index (χ1v) is 7.89. The molecule has 2 aromatic carbocycles. The first-order valence-electron chi connectivity index (χ1n) is 7.89. The van der Waals surface area contributed by atoms with Crippen molar-refractivity contribution in [3.8, 4) is 11.5 Å². The van der Waals surface area contributed by atoms with Crippen molar-refractivity contribution >= 4 is 0 Å². The number of nitrogens with two attached hydrogens (primary N) is 1. The minimum absolute atomic E-state index is 0.180. The summed E-state index contributed by atoms with van der Waals surface area (Å²) in [6.07, 6.45) is 2.30. The molecule has 24 heavy (non-hydrogen) atoms. The SMILES string of the molecule is COc1cc(CC(N)c2ccco2)ccc1OCc1ccccc1. The van der Waals surface area contributed by atoms with Gasteiger partial charge in [0.15, 0.2) is 11.5 Å². The van der Waals surface area contributed by atoms with E-state index < -0.39 is 0 Å². The van der Waals surface area contributed by atoms with E-state index in [0.717, 1.165) is 22.6 Å². The molecule has 0 fully saturated rings. The molecular weight excluding hydrogens is 302 g/mol. The van der Waals surface area contributed by atoms with Gasteiger partial charge in [0, 0.05) is 0 Å². The fourth-order valence-corrected chi connectivity index (χ4v) is 2.55. The number of hydrogen-bond acceptors (Lipinski definition) is 4. The minimum Gasteiger partial charge on any atom is -0.493 e. The van der Waals surface area contributed by atoms with Gasteiger partial charge in [0.05, 0.1) is 19.4 Å². The van der Waals surface area contributed by atoms with E-state index in [2.05, 4.69) is 0 Å². The van der Waals surface area contributed by atoms with Gasteiger partial charge in [0.2, 0.25) is 0 Å². The van der Waals surface area contributed by atoms with Crippen molar-refractivity contribution in [1.82, 2.24) is 0 Å². The molecule has 1 aromatic heterocycles. The molecule has 0 aliphatic carbocycles. The molecule has 0 spiro atoms. The molecule has 1 atom stereocenters.